The zero-order chi connectivity index (χ0) is 15.2. The van der Waals surface area contributed by atoms with E-state index in [0.717, 1.165) is 5.75 Å². The van der Waals surface area contributed by atoms with Crippen LogP contribution in [0.3, 0.4) is 0 Å². The Hall–Kier alpha value is -2.64. The summed E-state index contributed by atoms with van der Waals surface area (Å²) < 4.78 is 10.6. The third-order valence-electron chi connectivity index (χ3n) is 2.85. The Bertz CT molecular complexity index is 570. The zero-order valence-corrected chi connectivity index (χ0v) is 12.0. The molecule has 2 aromatic rings. The number of benzene rings is 1. The predicted octanol–water partition coefficient (Wildman–Crippen LogP) is 0.853. The van der Waals surface area contributed by atoms with Crippen LogP contribution in [0.4, 0.5) is 0 Å². The van der Waals surface area contributed by atoms with Crippen molar-refractivity contribution in [2.75, 3.05) is 7.11 Å². The molecule has 0 radical (unpaired) electrons. The van der Waals surface area contributed by atoms with Gasteiger partial charge in [0, 0.05) is 0 Å². The van der Waals surface area contributed by atoms with Gasteiger partial charge >= 0.3 is 0 Å². The topological polar surface area (TPSA) is 102 Å². The number of ether oxygens (including phenoxy) is 2. The van der Waals surface area contributed by atoms with Crippen molar-refractivity contribution in [2.45, 2.75) is 26.0 Å². The lowest BCUT2D eigenvalue weighted by molar-refractivity contribution is -0.128. The molecule has 0 fully saturated rings. The van der Waals surface area contributed by atoms with Crippen LogP contribution in [0.25, 0.3) is 0 Å². The van der Waals surface area contributed by atoms with Gasteiger partial charge in [0.1, 0.15) is 11.5 Å². The number of aromatic amines is 1. The lowest BCUT2D eigenvalue weighted by atomic mass is 10.2. The van der Waals surface area contributed by atoms with Gasteiger partial charge in [0.25, 0.3) is 5.91 Å². The van der Waals surface area contributed by atoms with Crippen LogP contribution in [0.15, 0.2) is 24.3 Å². The zero-order valence-electron chi connectivity index (χ0n) is 12.0. The fourth-order valence-corrected chi connectivity index (χ4v) is 1.66. The summed E-state index contributed by atoms with van der Waals surface area (Å²) in [5.74, 6) is 1.47. The van der Waals surface area contributed by atoms with E-state index in [4.69, 9.17) is 9.47 Å². The number of hydrogen-bond acceptors (Lipinski definition) is 6. The molecule has 0 saturated heterocycles. The molecule has 8 heteroatoms. The molecule has 2 N–H and O–H groups in total. The molecule has 112 valence electrons. The molecule has 1 aromatic carbocycles. The Morgan fingerprint density at radius 3 is 2.48 bits per heavy atom. The van der Waals surface area contributed by atoms with Crippen LogP contribution in [-0.4, -0.2) is 39.7 Å². The largest absolute Gasteiger partial charge is 0.497 e. The van der Waals surface area contributed by atoms with E-state index in [2.05, 4.69) is 25.9 Å². The van der Waals surface area contributed by atoms with Gasteiger partial charge in [-0.1, -0.05) is 5.21 Å². The smallest absolute Gasteiger partial charge is 0.261 e. The first kappa shape index (κ1) is 14.8. The van der Waals surface area contributed by atoms with Crippen LogP contribution in [0.5, 0.6) is 11.5 Å². The Kier molecular flexibility index (Phi) is 4.70. The second-order valence-electron chi connectivity index (χ2n) is 4.44. The summed E-state index contributed by atoms with van der Waals surface area (Å²) in [5.41, 5.74) is 0. The first-order valence-corrected chi connectivity index (χ1v) is 6.44. The Morgan fingerprint density at radius 2 is 1.90 bits per heavy atom. The third kappa shape index (κ3) is 3.91. The van der Waals surface area contributed by atoms with Gasteiger partial charge in [0.2, 0.25) is 0 Å². The van der Waals surface area contributed by atoms with Crippen LogP contribution in [0.1, 0.15) is 25.7 Å². The predicted molar refractivity (Wildman–Crippen MR) is 73.8 cm³/mol. The van der Waals surface area contributed by atoms with Crippen molar-refractivity contribution in [3.8, 4) is 11.5 Å². The number of hydrogen-bond donors (Lipinski definition) is 2. The van der Waals surface area contributed by atoms with Gasteiger partial charge in [-0.3, -0.25) is 4.79 Å². The second kappa shape index (κ2) is 6.69. The maximum Gasteiger partial charge on any atom is 0.261 e. The molecular formula is C13H17N5O3. The van der Waals surface area contributed by atoms with E-state index in [1.165, 1.54) is 0 Å². The van der Waals surface area contributed by atoms with Gasteiger partial charge in [-0.05, 0) is 38.1 Å². The fraction of sp³-hybridized carbons (Fsp3) is 0.385. The minimum Gasteiger partial charge on any atom is -0.497 e. The highest BCUT2D eigenvalue weighted by Gasteiger charge is 2.19. The number of rotatable bonds is 6. The summed E-state index contributed by atoms with van der Waals surface area (Å²) in [5, 5.41) is 16.2. The number of nitrogens with zero attached hydrogens (tertiary/aromatic N) is 3. The highest BCUT2D eigenvalue weighted by Crippen LogP contribution is 2.18. The van der Waals surface area contributed by atoms with E-state index >= 15 is 0 Å². The third-order valence-corrected chi connectivity index (χ3v) is 2.85. The monoisotopic (exact) mass is 291 g/mol. The molecule has 2 unspecified atom stereocenters. The summed E-state index contributed by atoms with van der Waals surface area (Å²) in [7, 11) is 1.59. The fourth-order valence-electron chi connectivity index (χ4n) is 1.66. The normalized spacial score (nSPS) is 13.3. The molecule has 0 spiro atoms. The van der Waals surface area contributed by atoms with Crippen molar-refractivity contribution in [1.29, 1.82) is 0 Å². The molecule has 8 nitrogen and oxygen atoms in total. The first-order chi connectivity index (χ1) is 10.1. The molecule has 21 heavy (non-hydrogen) atoms. The molecule has 2 atom stereocenters. The van der Waals surface area contributed by atoms with Crippen LogP contribution in [-0.2, 0) is 4.79 Å². The minimum atomic E-state index is -0.646. The number of aromatic nitrogens is 4. The number of nitrogens with one attached hydrogen (secondary N) is 2. The summed E-state index contributed by atoms with van der Waals surface area (Å²) in [6.07, 6.45) is -0.646. The van der Waals surface area contributed by atoms with Crippen LogP contribution < -0.4 is 14.8 Å². The van der Waals surface area contributed by atoms with Crippen LogP contribution in [0, 0.1) is 0 Å². The van der Waals surface area contributed by atoms with Crippen molar-refractivity contribution in [1.82, 2.24) is 25.9 Å². The van der Waals surface area contributed by atoms with E-state index in [0.29, 0.717) is 11.6 Å². The van der Waals surface area contributed by atoms with Crippen molar-refractivity contribution in [3.63, 3.8) is 0 Å². The van der Waals surface area contributed by atoms with Gasteiger partial charge in [-0.2, -0.15) is 5.21 Å². The maximum absolute atomic E-state index is 12.0. The van der Waals surface area contributed by atoms with E-state index in [9.17, 15) is 4.79 Å². The average molecular weight is 291 g/mol. The highest BCUT2D eigenvalue weighted by molar-refractivity contribution is 5.81. The summed E-state index contributed by atoms with van der Waals surface area (Å²) in [6, 6.07) is 6.67. The molecule has 0 bridgehead atoms. The lowest BCUT2D eigenvalue weighted by Gasteiger charge is -2.17. The summed E-state index contributed by atoms with van der Waals surface area (Å²) in [6.45, 7) is 3.44. The maximum atomic E-state index is 12.0. The van der Waals surface area contributed by atoms with Gasteiger partial charge in [-0.15, -0.1) is 10.2 Å². The van der Waals surface area contributed by atoms with Gasteiger partial charge < -0.3 is 14.8 Å². The molecule has 0 aliphatic carbocycles. The molecule has 0 aliphatic rings. The molecule has 1 heterocycles. The average Bonchev–Trinajstić information content (AvgIpc) is 3.02. The number of tetrazole rings is 1. The van der Waals surface area contributed by atoms with E-state index in [-0.39, 0.29) is 11.9 Å². The number of carbonyl (C=O) groups is 1. The van der Waals surface area contributed by atoms with E-state index in [1.807, 2.05) is 0 Å². The SMILES string of the molecule is COc1ccc(OC(C)C(=O)NC(C)c2nn[nH]n2)cc1. The molecule has 2 rings (SSSR count). The number of H-pyrrole nitrogens is 1. The summed E-state index contributed by atoms with van der Waals surface area (Å²) in [4.78, 5) is 12.0. The molecule has 1 amide bonds. The Balaban J connectivity index is 1.89. The minimum absolute atomic E-state index is 0.261. The van der Waals surface area contributed by atoms with Crippen molar-refractivity contribution in [3.05, 3.63) is 30.1 Å². The van der Waals surface area contributed by atoms with Crippen molar-refractivity contribution < 1.29 is 14.3 Å². The van der Waals surface area contributed by atoms with Crippen molar-refractivity contribution >= 4 is 5.91 Å². The molecule has 0 aliphatic heterocycles. The molecule has 1 aromatic heterocycles. The quantitative estimate of drug-likeness (QED) is 0.818. The first-order valence-electron chi connectivity index (χ1n) is 6.44. The highest BCUT2D eigenvalue weighted by atomic mass is 16.5. The molecule has 0 saturated carbocycles. The lowest BCUT2D eigenvalue weighted by Crippen LogP contribution is -2.38. The van der Waals surface area contributed by atoms with Gasteiger partial charge in [0.15, 0.2) is 11.9 Å². The van der Waals surface area contributed by atoms with Crippen LogP contribution >= 0.6 is 0 Å². The Morgan fingerprint density at radius 1 is 1.24 bits per heavy atom. The van der Waals surface area contributed by atoms with Crippen molar-refractivity contribution in [2.24, 2.45) is 0 Å². The van der Waals surface area contributed by atoms with Crippen LogP contribution in [0.2, 0.25) is 0 Å². The van der Waals surface area contributed by atoms with Gasteiger partial charge in [0.05, 0.1) is 13.2 Å². The van der Waals surface area contributed by atoms with E-state index < -0.39 is 6.10 Å². The number of methoxy groups -OCH3 is 1. The van der Waals surface area contributed by atoms with Gasteiger partial charge in [-0.25, -0.2) is 0 Å². The number of amides is 1. The molecular weight excluding hydrogens is 274 g/mol. The standard InChI is InChI=1S/C13H17N5O3/c1-8(12-15-17-18-16-12)14-13(19)9(2)21-11-6-4-10(20-3)5-7-11/h4-9H,1-3H3,(H,14,19)(H,15,16,17,18). The number of carbonyl (C=O) groups excluding carboxylic acids is 1. The Labute approximate surface area is 121 Å². The summed E-state index contributed by atoms with van der Waals surface area (Å²) >= 11 is 0. The van der Waals surface area contributed by atoms with E-state index in [1.54, 1.807) is 45.2 Å². The second-order valence-corrected chi connectivity index (χ2v) is 4.44.